The van der Waals surface area contributed by atoms with E-state index in [-0.39, 0.29) is 12.5 Å². The number of carbonyl (C=O) groups excluding carboxylic acids is 1. The summed E-state index contributed by atoms with van der Waals surface area (Å²) in [5.41, 5.74) is -0.532. The Morgan fingerprint density at radius 3 is 2.63 bits per heavy atom. The van der Waals surface area contributed by atoms with Crippen molar-refractivity contribution >= 4 is 27.4 Å². The van der Waals surface area contributed by atoms with E-state index in [1.807, 2.05) is 0 Å². The van der Waals surface area contributed by atoms with Crippen molar-refractivity contribution in [3.63, 3.8) is 0 Å². The van der Waals surface area contributed by atoms with E-state index in [1.165, 1.54) is 30.3 Å². The molecule has 0 unspecified atom stereocenters. The summed E-state index contributed by atoms with van der Waals surface area (Å²) in [4.78, 5) is 21.7. The molecule has 10 nitrogen and oxygen atoms in total. The number of benzene rings is 2. The Morgan fingerprint density at radius 1 is 1.22 bits per heavy atom. The molecule has 0 saturated carbocycles. The zero-order chi connectivity index (χ0) is 19.6. The van der Waals surface area contributed by atoms with Crippen LogP contribution in [0.15, 0.2) is 47.4 Å². The average molecular weight is 394 g/mol. The van der Waals surface area contributed by atoms with Crippen LogP contribution in [0.25, 0.3) is 0 Å². The molecule has 1 aliphatic rings. The monoisotopic (exact) mass is 394 g/mol. The smallest absolute Gasteiger partial charge is 0.326 e. The number of hydrogen-bond acceptors (Lipinski definition) is 8. The van der Waals surface area contributed by atoms with Gasteiger partial charge in [0.1, 0.15) is 6.54 Å². The Labute approximate surface area is 154 Å². The van der Waals surface area contributed by atoms with Crippen molar-refractivity contribution in [2.24, 2.45) is 0 Å². The predicted octanol–water partition coefficient (Wildman–Crippen LogP) is 1.69. The zero-order valence-corrected chi connectivity index (χ0v) is 14.8. The number of nitrogens with zero attached hydrogens (tertiary/aromatic N) is 2. The van der Waals surface area contributed by atoms with E-state index in [9.17, 15) is 23.3 Å². The van der Waals surface area contributed by atoms with Gasteiger partial charge in [-0.3, -0.25) is 19.2 Å². The number of carbonyl (C=O) groups is 1. The summed E-state index contributed by atoms with van der Waals surface area (Å²) in [7, 11) is -3.35. The summed E-state index contributed by atoms with van der Waals surface area (Å²) in [5, 5.41) is 11.3. The van der Waals surface area contributed by atoms with Gasteiger partial charge in [0.25, 0.3) is 15.7 Å². The third kappa shape index (κ3) is 3.49. The fourth-order valence-corrected chi connectivity index (χ4v) is 4.04. The summed E-state index contributed by atoms with van der Waals surface area (Å²) in [6, 6.07) is 9.14. The van der Waals surface area contributed by atoms with Crippen LogP contribution < -0.4 is 13.8 Å². The molecule has 0 radical (unpaired) electrons. The second kappa shape index (κ2) is 7.11. The molecule has 0 aromatic heterocycles. The number of sulfonamides is 1. The molecule has 2 aromatic rings. The van der Waals surface area contributed by atoms with Gasteiger partial charge in [0, 0.05) is 12.1 Å². The number of para-hydroxylation sites is 1. The molecule has 1 heterocycles. The summed E-state index contributed by atoms with van der Waals surface area (Å²) in [5.74, 6) is -0.130. The van der Waals surface area contributed by atoms with Crippen LogP contribution in [-0.4, -0.2) is 39.8 Å². The minimum atomic E-state index is -4.46. The second-order valence-electron chi connectivity index (χ2n) is 5.35. The average Bonchev–Trinajstić information content (AvgIpc) is 3.13. The molecule has 0 atom stereocenters. The number of rotatable bonds is 6. The Morgan fingerprint density at radius 2 is 1.93 bits per heavy atom. The van der Waals surface area contributed by atoms with Gasteiger partial charge < -0.3 is 14.2 Å². The van der Waals surface area contributed by atoms with E-state index >= 15 is 0 Å². The van der Waals surface area contributed by atoms with Crippen LogP contribution in [0, 0.1) is 10.1 Å². The number of fused-ring (bicyclic) bond motifs is 1. The molecular weight excluding hydrogens is 380 g/mol. The first-order chi connectivity index (χ1) is 12.8. The molecule has 0 fully saturated rings. The maximum atomic E-state index is 13.2. The van der Waals surface area contributed by atoms with Crippen LogP contribution >= 0.6 is 0 Å². The van der Waals surface area contributed by atoms with Crippen LogP contribution in [0.5, 0.6) is 11.5 Å². The predicted molar refractivity (Wildman–Crippen MR) is 92.2 cm³/mol. The van der Waals surface area contributed by atoms with Crippen molar-refractivity contribution in [2.75, 3.05) is 24.8 Å². The molecular formula is C16H14N2O8S. The fourth-order valence-electron chi connectivity index (χ4n) is 2.48. The number of anilines is 1. The number of ether oxygens (including phenoxy) is 3. The van der Waals surface area contributed by atoms with E-state index in [1.54, 1.807) is 0 Å². The quantitative estimate of drug-likeness (QED) is 0.412. The van der Waals surface area contributed by atoms with E-state index in [2.05, 4.69) is 4.74 Å². The van der Waals surface area contributed by atoms with Crippen molar-refractivity contribution < 1.29 is 32.3 Å². The lowest BCUT2D eigenvalue weighted by atomic mass is 10.3. The summed E-state index contributed by atoms with van der Waals surface area (Å²) in [6.07, 6.45) is 0. The third-order valence-corrected chi connectivity index (χ3v) is 5.60. The highest BCUT2D eigenvalue weighted by molar-refractivity contribution is 7.93. The molecule has 0 saturated heterocycles. The topological polar surface area (TPSA) is 125 Å². The van der Waals surface area contributed by atoms with Crippen LogP contribution in [0.1, 0.15) is 0 Å². The Kier molecular flexibility index (Phi) is 4.86. The van der Waals surface area contributed by atoms with Gasteiger partial charge in [0.05, 0.1) is 17.7 Å². The van der Waals surface area contributed by atoms with Crippen LogP contribution in [-0.2, 0) is 19.6 Å². The van der Waals surface area contributed by atoms with Crippen molar-refractivity contribution in [2.45, 2.75) is 4.90 Å². The summed E-state index contributed by atoms with van der Waals surface area (Å²) in [6.45, 7) is -0.697. The lowest BCUT2D eigenvalue weighted by Crippen LogP contribution is -2.36. The second-order valence-corrected chi connectivity index (χ2v) is 7.18. The minimum Gasteiger partial charge on any atom is -0.468 e. The molecule has 3 rings (SSSR count). The molecule has 2 aromatic carbocycles. The number of methoxy groups -OCH3 is 1. The van der Waals surface area contributed by atoms with E-state index in [4.69, 9.17) is 9.47 Å². The van der Waals surface area contributed by atoms with Gasteiger partial charge >= 0.3 is 5.97 Å². The Bertz CT molecular complexity index is 1010. The number of nitro benzene ring substituents is 1. The highest BCUT2D eigenvalue weighted by Gasteiger charge is 2.34. The van der Waals surface area contributed by atoms with Gasteiger partial charge in [-0.25, -0.2) is 8.42 Å². The van der Waals surface area contributed by atoms with E-state index in [0.29, 0.717) is 11.5 Å². The number of nitro groups is 1. The number of hydrogen-bond donors (Lipinski definition) is 0. The molecule has 0 bridgehead atoms. The number of esters is 1. The molecule has 27 heavy (non-hydrogen) atoms. The van der Waals surface area contributed by atoms with E-state index < -0.39 is 38.0 Å². The first-order valence-electron chi connectivity index (χ1n) is 7.57. The van der Waals surface area contributed by atoms with Crippen LogP contribution in [0.3, 0.4) is 0 Å². The van der Waals surface area contributed by atoms with Gasteiger partial charge in [-0.1, -0.05) is 12.1 Å². The fraction of sp³-hybridized carbons (Fsp3) is 0.188. The van der Waals surface area contributed by atoms with Gasteiger partial charge in [-0.15, -0.1) is 0 Å². The minimum absolute atomic E-state index is 0.0211. The Hall–Kier alpha value is -3.34. The standard InChI is InChI=1S/C16H14N2O8S/c1-24-16(19)9-17(11-6-7-13-14(8-11)26-10-25-13)27(22,23)15-5-3-2-4-12(15)18(20)21/h2-8H,9-10H2,1H3. The van der Waals surface area contributed by atoms with Crippen molar-refractivity contribution in [3.05, 3.63) is 52.6 Å². The molecule has 11 heteroatoms. The first-order valence-corrected chi connectivity index (χ1v) is 9.01. The zero-order valence-electron chi connectivity index (χ0n) is 14.0. The summed E-state index contributed by atoms with van der Waals surface area (Å²) < 4.78 is 42.0. The van der Waals surface area contributed by atoms with Crippen LogP contribution in [0.4, 0.5) is 11.4 Å². The van der Waals surface area contributed by atoms with E-state index in [0.717, 1.165) is 23.5 Å². The molecule has 0 N–H and O–H groups in total. The lowest BCUT2D eigenvalue weighted by Gasteiger charge is -2.23. The van der Waals surface area contributed by atoms with Gasteiger partial charge in [0.15, 0.2) is 16.4 Å². The first kappa shape index (κ1) is 18.5. The molecule has 142 valence electrons. The molecule has 1 aliphatic heterocycles. The van der Waals surface area contributed by atoms with Gasteiger partial charge in [0.2, 0.25) is 6.79 Å². The highest BCUT2D eigenvalue weighted by Crippen LogP contribution is 2.37. The lowest BCUT2D eigenvalue weighted by molar-refractivity contribution is -0.387. The van der Waals surface area contributed by atoms with Crippen molar-refractivity contribution in [3.8, 4) is 11.5 Å². The van der Waals surface area contributed by atoms with Gasteiger partial charge in [-0.2, -0.15) is 0 Å². The molecule has 0 spiro atoms. The van der Waals surface area contributed by atoms with Crippen LogP contribution in [0.2, 0.25) is 0 Å². The maximum Gasteiger partial charge on any atom is 0.326 e. The summed E-state index contributed by atoms with van der Waals surface area (Å²) >= 11 is 0. The molecule has 0 amide bonds. The highest BCUT2D eigenvalue weighted by atomic mass is 32.2. The third-order valence-electron chi connectivity index (χ3n) is 3.77. The van der Waals surface area contributed by atoms with Crippen molar-refractivity contribution in [1.29, 1.82) is 0 Å². The van der Waals surface area contributed by atoms with Crippen molar-refractivity contribution in [1.82, 2.24) is 0 Å². The SMILES string of the molecule is COC(=O)CN(c1ccc2c(c1)OCO2)S(=O)(=O)c1ccccc1[N+](=O)[O-]. The molecule has 0 aliphatic carbocycles. The Balaban J connectivity index is 2.13. The van der Waals surface area contributed by atoms with Gasteiger partial charge in [-0.05, 0) is 18.2 Å². The largest absolute Gasteiger partial charge is 0.468 e. The normalized spacial score (nSPS) is 12.5. The maximum absolute atomic E-state index is 13.2.